The zero-order valence-electron chi connectivity index (χ0n) is 20.5. The van der Waals surface area contributed by atoms with E-state index >= 15 is 0 Å². The highest BCUT2D eigenvalue weighted by atomic mass is 32.2. The van der Waals surface area contributed by atoms with Gasteiger partial charge in [-0.1, -0.05) is 65.5 Å². The first-order chi connectivity index (χ1) is 14.6. The molecule has 0 aromatic rings. The lowest BCUT2D eigenvalue weighted by atomic mass is 9.47. The summed E-state index contributed by atoms with van der Waals surface area (Å²) in [5.41, 5.74) is 2.28. The Morgan fingerprint density at radius 1 is 1.10 bits per heavy atom. The third-order valence-corrected chi connectivity index (χ3v) is 10.9. The molecule has 0 amide bonds. The van der Waals surface area contributed by atoms with Crippen LogP contribution in [0.25, 0.3) is 0 Å². The molecule has 31 heavy (non-hydrogen) atoms. The van der Waals surface area contributed by atoms with Crippen LogP contribution >= 0.6 is 0 Å². The van der Waals surface area contributed by atoms with E-state index in [2.05, 4.69) is 40.7 Å². The zero-order chi connectivity index (χ0) is 22.4. The molecule has 9 atom stereocenters. The number of allylic oxidation sites excluding steroid dienone is 1. The van der Waals surface area contributed by atoms with Crippen molar-refractivity contribution in [1.82, 2.24) is 0 Å². The summed E-state index contributed by atoms with van der Waals surface area (Å²) in [5.74, 6) is 5.07. The van der Waals surface area contributed by atoms with E-state index in [1.165, 1.54) is 56.9 Å². The second-order valence-corrected chi connectivity index (χ2v) is 13.1. The molecule has 3 saturated carbocycles. The van der Waals surface area contributed by atoms with Gasteiger partial charge in [0.25, 0.3) is 0 Å². The molecule has 4 aliphatic carbocycles. The lowest BCUT2D eigenvalue weighted by molar-refractivity contribution is -0.0557. The number of rotatable bonds is 7. The second kappa shape index (κ2) is 9.22. The van der Waals surface area contributed by atoms with Gasteiger partial charge in [-0.25, -0.2) is 4.21 Å². The summed E-state index contributed by atoms with van der Waals surface area (Å²) in [6.45, 7) is 12.4. The fourth-order valence-electron chi connectivity index (χ4n) is 8.85. The molecule has 0 N–H and O–H groups in total. The molecule has 178 valence electrons. The van der Waals surface area contributed by atoms with Gasteiger partial charge in [0.2, 0.25) is 0 Å². The van der Waals surface area contributed by atoms with Crippen LogP contribution in [0.15, 0.2) is 11.6 Å². The van der Waals surface area contributed by atoms with Gasteiger partial charge in [0, 0.05) is 0 Å². The first-order valence-electron chi connectivity index (χ1n) is 13.1. The van der Waals surface area contributed by atoms with Gasteiger partial charge in [-0.05, 0) is 97.7 Å². The molecule has 0 saturated heterocycles. The van der Waals surface area contributed by atoms with Crippen LogP contribution < -0.4 is 0 Å². The molecule has 0 heterocycles. The van der Waals surface area contributed by atoms with Gasteiger partial charge in [0.05, 0.1) is 17.5 Å². The van der Waals surface area contributed by atoms with Crippen LogP contribution in [-0.4, -0.2) is 14.9 Å². The first kappa shape index (κ1) is 24.0. The first-order valence-corrected chi connectivity index (χ1v) is 14.1. The number of hydrogen-bond acceptors (Lipinski definition) is 3. The standard InChI is InChI=1S/C27H46O3S/c1-18(2)7-6-8-19(3)23-11-12-24-22-10-9-20-17-21(30-31(28)29)13-15-26(20,4)25(22)14-16-27(23,24)5/h9,18-19,21-25H,6-8,10-17H2,1-5H3,(H,28,29)/p-1/t19-,21+,22+,23-,24+,25+,26+,27-/m1/s1. The predicted molar refractivity (Wildman–Crippen MR) is 127 cm³/mol. The van der Waals surface area contributed by atoms with E-state index in [0.717, 1.165) is 54.8 Å². The molecule has 0 spiro atoms. The van der Waals surface area contributed by atoms with Gasteiger partial charge < -0.3 is 4.55 Å². The highest BCUT2D eigenvalue weighted by molar-refractivity contribution is 7.74. The van der Waals surface area contributed by atoms with Crippen molar-refractivity contribution in [2.45, 2.75) is 111 Å². The minimum Gasteiger partial charge on any atom is -0.750 e. The van der Waals surface area contributed by atoms with E-state index in [1.54, 1.807) is 0 Å². The molecular weight excluding hydrogens is 404 g/mol. The van der Waals surface area contributed by atoms with Gasteiger partial charge >= 0.3 is 0 Å². The van der Waals surface area contributed by atoms with Crippen LogP contribution in [0.1, 0.15) is 105 Å². The molecule has 4 aliphatic rings. The Morgan fingerprint density at radius 3 is 2.58 bits per heavy atom. The largest absolute Gasteiger partial charge is 0.750 e. The van der Waals surface area contributed by atoms with Crippen molar-refractivity contribution in [3.05, 3.63) is 11.6 Å². The van der Waals surface area contributed by atoms with Crippen molar-refractivity contribution >= 4 is 11.4 Å². The molecule has 3 fully saturated rings. The molecule has 0 aliphatic heterocycles. The maximum Gasteiger partial charge on any atom is 0.0844 e. The third kappa shape index (κ3) is 4.47. The lowest BCUT2D eigenvalue weighted by Crippen LogP contribution is -2.51. The smallest absolute Gasteiger partial charge is 0.0844 e. The monoisotopic (exact) mass is 449 g/mol. The quantitative estimate of drug-likeness (QED) is 0.305. The summed E-state index contributed by atoms with van der Waals surface area (Å²) in [6, 6.07) is 0. The summed E-state index contributed by atoms with van der Waals surface area (Å²) in [5, 5.41) is 0. The SMILES string of the molecule is CC(C)CCC[C@@H](C)[C@H]1CC[C@H]2[C@@H]3CC=C4C[C@@H](OS(=O)[O-])CC[C@]4(C)[C@H]3CC[C@]12C. The van der Waals surface area contributed by atoms with Crippen LogP contribution in [0.3, 0.4) is 0 Å². The maximum atomic E-state index is 11.0. The van der Waals surface area contributed by atoms with Crippen LogP contribution in [-0.2, 0) is 15.5 Å². The summed E-state index contributed by atoms with van der Waals surface area (Å²) >= 11 is -2.40. The van der Waals surface area contributed by atoms with E-state index in [0.29, 0.717) is 5.41 Å². The van der Waals surface area contributed by atoms with E-state index in [9.17, 15) is 8.76 Å². The van der Waals surface area contributed by atoms with Crippen LogP contribution in [0, 0.1) is 46.3 Å². The average molecular weight is 450 g/mol. The van der Waals surface area contributed by atoms with Crippen molar-refractivity contribution in [2.24, 2.45) is 46.3 Å². The third-order valence-electron chi connectivity index (χ3n) is 10.5. The van der Waals surface area contributed by atoms with Gasteiger partial charge in [-0.3, -0.25) is 4.18 Å². The molecule has 4 rings (SSSR count). The van der Waals surface area contributed by atoms with Crippen molar-refractivity contribution in [1.29, 1.82) is 0 Å². The van der Waals surface area contributed by atoms with Gasteiger partial charge in [0.1, 0.15) is 0 Å². The molecule has 0 aromatic carbocycles. The van der Waals surface area contributed by atoms with Gasteiger partial charge in [-0.2, -0.15) is 0 Å². The molecule has 4 heteroatoms. The second-order valence-electron chi connectivity index (χ2n) is 12.5. The van der Waals surface area contributed by atoms with Crippen LogP contribution in [0.2, 0.25) is 0 Å². The Bertz CT molecular complexity index is 703. The van der Waals surface area contributed by atoms with E-state index < -0.39 is 11.4 Å². The lowest BCUT2D eigenvalue weighted by Gasteiger charge is -2.58. The minimum atomic E-state index is -2.40. The van der Waals surface area contributed by atoms with Gasteiger partial charge in [0.15, 0.2) is 0 Å². The molecular formula is C27H45O3S-. The zero-order valence-corrected chi connectivity index (χ0v) is 21.3. The fraction of sp³-hybridized carbons (Fsp3) is 0.926. The van der Waals surface area contributed by atoms with Crippen molar-refractivity contribution in [2.75, 3.05) is 0 Å². The molecule has 0 aromatic heterocycles. The highest BCUT2D eigenvalue weighted by Crippen LogP contribution is 2.67. The van der Waals surface area contributed by atoms with E-state index in [4.69, 9.17) is 4.18 Å². The van der Waals surface area contributed by atoms with Crippen LogP contribution in [0.4, 0.5) is 0 Å². The number of fused-ring (bicyclic) bond motifs is 5. The topological polar surface area (TPSA) is 49.4 Å². The molecule has 0 bridgehead atoms. The molecule has 1 unspecified atom stereocenters. The Hall–Kier alpha value is -0.190. The Kier molecular flexibility index (Phi) is 7.12. The summed E-state index contributed by atoms with van der Waals surface area (Å²) < 4.78 is 27.2. The van der Waals surface area contributed by atoms with E-state index in [-0.39, 0.29) is 11.5 Å². The van der Waals surface area contributed by atoms with Crippen molar-refractivity contribution in [3.63, 3.8) is 0 Å². The maximum absolute atomic E-state index is 11.0. The van der Waals surface area contributed by atoms with E-state index in [1.807, 2.05) is 0 Å². The molecule has 0 radical (unpaired) electrons. The summed E-state index contributed by atoms with van der Waals surface area (Å²) in [7, 11) is 0. The fourth-order valence-corrected chi connectivity index (χ4v) is 9.23. The Labute approximate surface area is 193 Å². The average Bonchev–Trinajstić information content (AvgIpc) is 3.05. The summed E-state index contributed by atoms with van der Waals surface area (Å²) in [6.07, 6.45) is 16.1. The Morgan fingerprint density at radius 2 is 1.87 bits per heavy atom. The molecule has 3 nitrogen and oxygen atoms in total. The van der Waals surface area contributed by atoms with Crippen LogP contribution in [0.5, 0.6) is 0 Å². The Balaban J connectivity index is 1.47. The number of hydrogen-bond donors (Lipinski definition) is 0. The van der Waals surface area contributed by atoms with Gasteiger partial charge in [-0.15, -0.1) is 0 Å². The normalized spacial score (nSPS) is 44.2. The highest BCUT2D eigenvalue weighted by Gasteiger charge is 2.59. The predicted octanol–water partition coefficient (Wildman–Crippen LogP) is 7.21. The van der Waals surface area contributed by atoms with Crippen molar-refractivity contribution in [3.8, 4) is 0 Å². The van der Waals surface area contributed by atoms with Crippen molar-refractivity contribution < 1.29 is 12.9 Å². The summed E-state index contributed by atoms with van der Waals surface area (Å²) in [4.78, 5) is 0. The minimum absolute atomic E-state index is 0.148.